The van der Waals surface area contributed by atoms with Crippen LogP contribution in [-0.2, 0) is 24.8 Å². The topological polar surface area (TPSA) is 64.4 Å². The predicted octanol–water partition coefficient (Wildman–Crippen LogP) is 1.82. The lowest BCUT2D eigenvalue weighted by Gasteiger charge is -2.27. The minimum absolute atomic E-state index is 0.0626. The first-order chi connectivity index (χ1) is 11.8. The molecular formula is C16H14F3N3O3. The highest BCUT2D eigenvalue weighted by atomic mass is 19.2. The van der Waals surface area contributed by atoms with Crippen LogP contribution < -0.4 is 0 Å². The SMILES string of the molecule is COC(=O)c1nn(C)c2c1CCN(C(=O)c1ccc(F)c(F)c1F)C2. The molecule has 0 saturated carbocycles. The van der Waals surface area contributed by atoms with Crippen molar-refractivity contribution < 1.29 is 27.5 Å². The standard InChI is InChI=1S/C16H14F3N3O3/c1-21-11-7-22(6-5-8(11)14(20-21)16(24)25-2)15(23)9-3-4-10(17)13(19)12(9)18/h3-4H,5-7H2,1-2H3. The van der Waals surface area contributed by atoms with E-state index in [1.165, 1.54) is 16.7 Å². The lowest BCUT2D eigenvalue weighted by molar-refractivity contribution is 0.0591. The lowest BCUT2D eigenvalue weighted by atomic mass is 10.0. The largest absolute Gasteiger partial charge is 0.464 e. The molecule has 132 valence electrons. The molecule has 2 heterocycles. The lowest BCUT2D eigenvalue weighted by Crippen LogP contribution is -2.37. The van der Waals surface area contributed by atoms with Gasteiger partial charge in [0.05, 0.1) is 24.9 Å². The van der Waals surface area contributed by atoms with Crippen molar-refractivity contribution in [3.8, 4) is 0 Å². The molecule has 0 saturated heterocycles. The third-order valence-electron chi connectivity index (χ3n) is 4.18. The van der Waals surface area contributed by atoms with Gasteiger partial charge in [-0.1, -0.05) is 0 Å². The van der Waals surface area contributed by atoms with E-state index in [1.54, 1.807) is 7.05 Å². The highest BCUT2D eigenvalue weighted by molar-refractivity contribution is 5.95. The van der Waals surface area contributed by atoms with Gasteiger partial charge < -0.3 is 9.64 Å². The highest BCUT2D eigenvalue weighted by Gasteiger charge is 2.31. The summed E-state index contributed by atoms with van der Waals surface area (Å²) in [5.41, 5.74) is 0.885. The predicted molar refractivity (Wildman–Crippen MR) is 79.3 cm³/mol. The summed E-state index contributed by atoms with van der Waals surface area (Å²) >= 11 is 0. The molecule has 2 aromatic rings. The average Bonchev–Trinajstić information content (AvgIpc) is 2.95. The molecule has 0 radical (unpaired) electrons. The van der Waals surface area contributed by atoms with Gasteiger partial charge in [-0.3, -0.25) is 9.48 Å². The molecule has 3 rings (SSSR count). The van der Waals surface area contributed by atoms with Crippen LogP contribution in [0.25, 0.3) is 0 Å². The van der Waals surface area contributed by atoms with Crippen molar-refractivity contribution in [2.75, 3.05) is 13.7 Å². The van der Waals surface area contributed by atoms with Gasteiger partial charge in [-0.15, -0.1) is 0 Å². The quantitative estimate of drug-likeness (QED) is 0.610. The summed E-state index contributed by atoms with van der Waals surface area (Å²) in [6.45, 7) is 0.243. The first kappa shape index (κ1) is 17.0. The number of rotatable bonds is 2. The molecule has 0 unspecified atom stereocenters. The average molecular weight is 353 g/mol. The molecule has 6 nitrogen and oxygen atoms in total. The van der Waals surface area contributed by atoms with Gasteiger partial charge in [0, 0.05) is 19.2 Å². The van der Waals surface area contributed by atoms with Crippen LogP contribution in [0, 0.1) is 17.5 Å². The van der Waals surface area contributed by atoms with E-state index in [1.807, 2.05) is 0 Å². The van der Waals surface area contributed by atoms with Gasteiger partial charge in [-0.2, -0.15) is 5.10 Å². The van der Waals surface area contributed by atoms with Crippen LogP contribution in [0.1, 0.15) is 32.1 Å². The van der Waals surface area contributed by atoms with Crippen LogP contribution >= 0.6 is 0 Å². The summed E-state index contributed by atoms with van der Waals surface area (Å²) in [5, 5.41) is 4.09. The fraction of sp³-hybridized carbons (Fsp3) is 0.312. The molecule has 0 fully saturated rings. The van der Waals surface area contributed by atoms with E-state index in [0.29, 0.717) is 23.7 Å². The van der Waals surface area contributed by atoms with Crippen molar-refractivity contribution in [1.82, 2.24) is 14.7 Å². The van der Waals surface area contributed by atoms with Gasteiger partial charge in [-0.25, -0.2) is 18.0 Å². The Balaban J connectivity index is 1.91. The Morgan fingerprint density at radius 3 is 2.60 bits per heavy atom. The van der Waals surface area contributed by atoms with Crippen molar-refractivity contribution >= 4 is 11.9 Å². The number of halogens is 3. The molecule has 0 aliphatic carbocycles. The van der Waals surface area contributed by atoms with Crippen molar-refractivity contribution in [1.29, 1.82) is 0 Å². The van der Waals surface area contributed by atoms with E-state index >= 15 is 0 Å². The summed E-state index contributed by atoms with van der Waals surface area (Å²) in [5.74, 6) is -5.90. The molecule has 9 heteroatoms. The first-order valence-electron chi connectivity index (χ1n) is 7.41. The molecule has 0 atom stereocenters. The Morgan fingerprint density at radius 1 is 1.20 bits per heavy atom. The Morgan fingerprint density at radius 2 is 1.92 bits per heavy atom. The monoisotopic (exact) mass is 353 g/mol. The zero-order valence-corrected chi connectivity index (χ0v) is 13.5. The number of methoxy groups -OCH3 is 1. The van der Waals surface area contributed by atoms with E-state index in [4.69, 9.17) is 0 Å². The molecule has 0 spiro atoms. The molecule has 1 aromatic heterocycles. The summed E-state index contributed by atoms with van der Waals surface area (Å²) < 4.78 is 46.4. The number of aryl methyl sites for hydroxylation is 1. The molecular weight excluding hydrogens is 339 g/mol. The summed E-state index contributed by atoms with van der Waals surface area (Å²) in [6, 6.07) is 1.62. The fourth-order valence-corrected chi connectivity index (χ4v) is 2.87. The molecule has 1 aromatic carbocycles. The van der Waals surface area contributed by atoms with Crippen LogP contribution in [0.2, 0.25) is 0 Å². The maximum absolute atomic E-state index is 13.9. The van der Waals surface area contributed by atoms with E-state index in [9.17, 15) is 22.8 Å². The van der Waals surface area contributed by atoms with Crippen LogP contribution in [-0.4, -0.2) is 40.2 Å². The second-order valence-corrected chi connectivity index (χ2v) is 5.59. The number of carbonyl (C=O) groups is 2. The number of esters is 1. The fourth-order valence-electron chi connectivity index (χ4n) is 2.87. The number of ether oxygens (including phenoxy) is 1. The van der Waals surface area contributed by atoms with Crippen molar-refractivity contribution in [2.24, 2.45) is 7.05 Å². The Hall–Kier alpha value is -2.84. The number of fused-ring (bicyclic) bond motifs is 1. The smallest absolute Gasteiger partial charge is 0.358 e. The number of aromatic nitrogens is 2. The van der Waals surface area contributed by atoms with Gasteiger partial charge in [0.2, 0.25) is 0 Å². The second-order valence-electron chi connectivity index (χ2n) is 5.59. The van der Waals surface area contributed by atoms with E-state index in [-0.39, 0.29) is 18.8 Å². The highest BCUT2D eigenvalue weighted by Crippen LogP contribution is 2.25. The minimum atomic E-state index is -1.68. The number of benzene rings is 1. The van der Waals surface area contributed by atoms with Gasteiger partial charge in [0.15, 0.2) is 23.1 Å². The Kier molecular flexibility index (Phi) is 4.23. The minimum Gasteiger partial charge on any atom is -0.464 e. The second kappa shape index (κ2) is 6.23. The van der Waals surface area contributed by atoms with Crippen molar-refractivity contribution in [2.45, 2.75) is 13.0 Å². The van der Waals surface area contributed by atoms with Gasteiger partial charge in [0.25, 0.3) is 5.91 Å². The van der Waals surface area contributed by atoms with E-state index in [2.05, 4.69) is 9.84 Å². The molecule has 25 heavy (non-hydrogen) atoms. The van der Waals surface area contributed by atoms with Crippen LogP contribution in [0.4, 0.5) is 13.2 Å². The van der Waals surface area contributed by atoms with E-state index < -0.39 is 34.9 Å². The normalized spacial score (nSPS) is 13.6. The maximum Gasteiger partial charge on any atom is 0.358 e. The zero-order chi connectivity index (χ0) is 18.3. The first-order valence-corrected chi connectivity index (χ1v) is 7.41. The number of hydrogen-bond acceptors (Lipinski definition) is 4. The summed E-state index contributed by atoms with van der Waals surface area (Å²) in [7, 11) is 2.85. The number of nitrogens with zero attached hydrogens (tertiary/aromatic N) is 3. The van der Waals surface area contributed by atoms with Gasteiger partial charge >= 0.3 is 5.97 Å². The molecule has 1 aliphatic heterocycles. The number of amides is 1. The van der Waals surface area contributed by atoms with E-state index in [0.717, 1.165) is 6.07 Å². The Labute approximate surface area is 140 Å². The molecule has 0 N–H and O–H groups in total. The van der Waals surface area contributed by atoms with Gasteiger partial charge in [-0.05, 0) is 18.6 Å². The summed E-state index contributed by atoms with van der Waals surface area (Å²) in [6.07, 6.45) is 0.310. The van der Waals surface area contributed by atoms with Gasteiger partial charge in [0.1, 0.15) is 0 Å². The van der Waals surface area contributed by atoms with Crippen LogP contribution in [0.3, 0.4) is 0 Å². The maximum atomic E-state index is 13.9. The number of carbonyl (C=O) groups excluding carboxylic acids is 2. The van der Waals surface area contributed by atoms with Crippen molar-refractivity contribution in [3.63, 3.8) is 0 Å². The molecule has 0 bridgehead atoms. The molecule has 1 amide bonds. The van der Waals surface area contributed by atoms with Crippen LogP contribution in [0.15, 0.2) is 12.1 Å². The number of hydrogen-bond donors (Lipinski definition) is 0. The zero-order valence-electron chi connectivity index (χ0n) is 13.5. The third kappa shape index (κ3) is 2.75. The Bertz CT molecular complexity index is 879. The van der Waals surface area contributed by atoms with Crippen molar-refractivity contribution in [3.05, 3.63) is 52.1 Å². The molecule has 1 aliphatic rings. The third-order valence-corrected chi connectivity index (χ3v) is 4.18. The van der Waals surface area contributed by atoms with Crippen LogP contribution in [0.5, 0.6) is 0 Å². The summed E-state index contributed by atoms with van der Waals surface area (Å²) in [4.78, 5) is 25.5.